The molecular formula is C13H20N4O2S. The van der Waals surface area contributed by atoms with Gasteiger partial charge in [0.1, 0.15) is 5.82 Å². The van der Waals surface area contributed by atoms with Gasteiger partial charge in [0.05, 0.1) is 12.3 Å². The number of thioether (sulfide) groups is 1. The van der Waals surface area contributed by atoms with Crippen molar-refractivity contribution in [3.63, 3.8) is 0 Å². The van der Waals surface area contributed by atoms with Crippen LogP contribution in [0.2, 0.25) is 0 Å². The van der Waals surface area contributed by atoms with Crippen LogP contribution in [0.25, 0.3) is 0 Å². The van der Waals surface area contributed by atoms with Crippen LogP contribution >= 0.6 is 11.8 Å². The number of amides is 2. The third-order valence-electron chi connectivity index (χ3n) is 2.50. The molecule has 7 heteroatoms. The van der Waals surface area contributed by atoms with Crippen molar-refractivity contribution in [2.75, 3.05) is 31.6 Å². The summed E-state index contributed by atoms with van der Waals surface area (Å²) in [4.78, 5) is 29.6. The molecule has 0 saturated heterocycles. The Labute approximate surface area is 123 Å². The normalized spacial score (nSPS) is 10.1. The highest BCUT2D eigenvalue weighted by molar-refractivity contribution is 8.00. The van der Waals surface area contributed by atoms with Gasteiger partial charge < -0.3 is 16.0 Å². The van der Waals surface area contributed by atoms with Gasteiger partial charge in [-0.2, -0.15) is 0 Å². The summed E-state index contributed by atoms with van der Waals surface area (Å²) in [5.41, 5.74) is 5.49. The molecule has 1 rings (SSSR count). The van der Waals surface area contributed by atoms with Gasteiger partial charge in [-0.25, -0.2) is 4.98 Å². The van der Waals surface area contributed by atoms with E-state index in [9.17, 15) is 9.59 Å². The zero-order chi connectivity index (χ0) is 15.0. The number of hydrogen-bond donors (Lipinski definition) is 2. The Bertz CT molecular complexity index is 450. The van der Waals surface area contributed by atoms with Crippen molar-refractivity contribution in [2.24, 2.45) is 0 Å². The van der Waals surface area contributed by atoms with Crippen molar-refractivity contribution in [2.45, 2.75) is 18.2 Å². The molecule has 0 spiro atoms. The molecule has 0 bridgehead atoms. The highest BCUT2D eigenvalue weighted by Gasteiger charge is 2.12. The number of nitrogens with zero attached hydrogens (tertiary/aromatic N) is 2. The number of carbonyl (C=O) groups excluding carboxylic acids is 2. The zero-order valence-electron chi connectivity index (χ0n) is 11.8. The number of rotatable bonds is 7. The van der Waals surface area contributed by atoms with Gasteiger partial charge in [0.15, 0.2) is 0 Å². The summed E-state index contributed by atoms with van der Waals surface area (Å²) in [5.74, 6) is 0.481. The molecule has 0 aromatic carbocycles. The number of nitrogens with two attached hydrogens (primary N) is 1. The van der Waals surface area contributed by atoms with Gasteiger partial charge in [-0.15, -0.1) is 11.8 Å². The lowest BCUT2D eigenvalue weighted by Crippen LogP contribution is -2.39. The predicted molar refractivity (Wildman–Crippen MR) is 80.3 cm³/mol. The summed E-state index contributed by atoms with van der Waals surface area (Å²) >= 11 is 1.37. The van der Waals surface area contributed by atoms with Gasteiger partial charge in [0.25, 0.3) is 0 Å². The standard InChI is InChI=1S/C13H20N4O2S/c1-3-6-15-12(18)8-17(2)13(19)9-20-10-4-5-11(14)16-7-10/h4-5,7H,3,6,8-9H2,1-2H3,(H2,14,16)(H,15,18). The Balaban J connectivity index is 2.34. The van der Waals surface area contributed by atoms with Crippen LogP contribution in [0.1, 0.15) is 13.3 Å². The summed E-state index contributed by atoms with van der Waals surface area (Å²) in [7, 11) is 1.62. The molecule has 2 amide bonds. The molecule has 110 valence electrons. The SMILES string of the molecule is CCCNC(=O)CN(C)C(=O)CSc1ccc(N)nc1. The molecule has 0 radical (unpaired) electrons. The molecule has 0 atom stereocenters. The number of hydrogen-bond acceptors (Lipinski definition) is 5. The molecule has 20 heavy (non-hydrogen) atoms. The fraction of sp³-hybridized carbons (Fsp3) is 0.462. The molecule has 3 N–H and O–H groups in total. The van der Waals surface area contributed by atoms with E-state index in [2.05, 4.69) is 10.3 Å². The van der Waals surface area contributed by atoms with Crippen molar-refractivity contribution >= 4 is 29.4 Å². The van der Waals surface area contributed by atoms with E-state index in [1.54, 1.807) is 19.3 Å². The van der Waals surface area contributed by atoms with Crippen LogP contribution in [0.4, 0.5) is 5.82 Å². The summed E-state index contributed by atoms with van der Waals surface area (Å²) in [6.45, 7) is 2.69. The first-order valence-corrected chi connectivity index (χ1v) is 7.36. The molecule has 0 saturated carbocycles. The van der Waals surface area contributed by atoms with E-state index in [-0.39, 0.29) is 24.1 Å². The van der Waals surface area contributed by atoms with Gasteiger partial charge in [0.2, 0.25) is 11.8 Å². The zero-order valence-corrected chi connectivity index (χ0v) is 12.6. The van der Waals surface area contributed by atoms with Gasteiger partial charge in [-0.05, 0) is 18.6 Å². The largest absolute Gasteiger partial charge is 0.384 e. The maximum absolute atomic E-state index is 11.9. The van der Waals surface area contributed by atoms with E-state index in [1.165, 1.54) is 16.7 Å². The van der Waals surface area contributed by atoms with Crippen molar-refractivity contribution in [1.29, 1.82) is 0 Å². The highest BCUT2D eigenvalue weighted by atomic mass is 32.2. The number of likely N-dealkylation sites (N-methyl/N-ethyl adjacent to an activating group) is 1. The molecule has 0 fully saturated rings. The third-order valence-corrected chi connectivity index (χ3v) is 3.47. The average molecular weight is 296 g/mol. The first-order chi connectivity index (χ1) is 9.52. The first-order valence-electron chi connectivity index (χ1n) is 6.38. The van der Waals surface area contributed by atoms with Crippen LogP contribution in [-0.4, -0.2) is 47.6 Å². The van der Waals surface area contributed by atoms with Crippen LogP contribution in [0, 0.1) is 0 Å². The number of nitrogens with one attached hydrogen (secondary N) is 1. The van der Waals surface area contributed by atoms with E-state index >= 15 is 0 Å². The fourth-order valence-electron chi connectivity index (χ4n) is 1.36. The van der Waals surface area contributed by atoms with E-state index in [0.29, 0.717) is 12.4 Å². The molecule has 0 unspecified atom stereocenters. The van der Waals surface area contributed by atoms with Gasteiger partial charge in [-0.1, -0.05) is 6.92 Å². The van der Waals surface area contributed by atoms with E-state index < -0.39 is 0 Å². The molecule has 1 heterocycles. The van der Waals surface area contributed by atoms with Gasteiger partial charge >= 0.3 is 0 Å². The highest BCUT2D eigenvalue weighted by Crippen LogP contribution is 2.17. The van der Waals surface area contributed by atoms with Crippen LogP contribution in [-0.2, 0) is 9.59 Å². The predicted octanol–water partition coefficient (Wildman–Crippen LogP) is 0.740. The second-order valence-corrected chi connectivity index (χ2v) is 5.36. The minimum Gasteiger partial charge on any atom is -0.384 e. The summed E-state index contributed by atoms with van der Waals surface area (Å²) < 4.78 is 0. The van der Waals surface area contributed by atoms with Crippen LogP contribution in [0.5, 0.6) is 0 Å². The summed E-state index contributed by atoms with van der Waals surface area (Å²) in [6.07, 6.45) is 2.50. The average Bonchev–Trinajstić information content (AvgIpc) is 2.44. The van der Waals surface area contributed by atoms with E-state index in [4.69, 9.17) is 5.73 Å². The van der Waals surface area contributed by atoms with Crippen molar-refractivity contribution in [3.05, 3.63) is 18.3 Å². The second-order valence-electron chi connectivity index (χ2n) is 4.31. The van der Waals surface area contributed by atoms with Crippen LogP contribution < -0.4 is 11.1 Å². The summed E-state index contributed by atoms with van der Waals surface area (Å²) in [6, 6.07) is 3.50. The number of pyridine rings is 1. The Morgan fingerprint density at radius 2 is 2.20 bits per heavy atom. The lowest BCUT2D eigenvalue weighted by atomic mass is 10.4. The topological polar surface area (TPSA) is 88.3 Å². The molecule has 6 nitrogen and oxygen atoms in total. The first kappa shape index (κ1) is 16.3. The monoisotopic (exact) mass is 296 g/mol. The Kier molecular flexibility index (Phi) is 6.86. The molecule has 0 aliphatic heterocycles. The van der Waals surface area contributed by atoms with Gasteiger partial charge in [0, 0.05) is 24.7 Å². The number of anilines is 1. The lowest BCUT2D eigenvalue weighted by molar-refractivity contribution is -0.132. The number of carbonyl (C=O) groups is 2. The van der Waals surface area contributed by atoms with Gasteiger partial charge in [-0.3, -0.25) is 9.59 Å². The fourth-order valence-corrected chi connectivity index (χ4v) is 2.16. The van der Waals surface area contributed by atoms with Crippen LogP contribution in [0.3, 0.4) is 0 Å². The molecular weight excluding hydrogens is 276 g/mol. The lowest BCUT2D eigenvalue weighted by Gasteiger charge is -2.16. The minimum atomic E-state index is -0.137. The van der Waals surface area contributed by atoms with Crippen molar-refractivity contribution in [1.82, 2.24) is 15.2 Å². The number of nitrogen functional groups attached to an aromatic ring is 1. The number of aromatic nitrogens is 1. The second kappa shape index (κ2) is 8.42. The Morgan fingerprint density at radius 3 is 2.80 bits per heavy atom. The minimum absolute atomic E-state index is 0.0827. The Hall–Kier alpha value is -1.76. The van der Waals surface area contributed by atoms with Crippen molar-refractivity contribution < 1.29 is 9.59 Å². The quantitative estimate of drug-likeness (QED) is 0.725. The van der Waals surface area contributed by atoms with E-state index in [1.807, 2.05) is 13.0 Å². The smallest absolute Gasteiger partial charge is 0.239 e. The summed E-state index contributed by atoms with van der Waals surface area (Å²) in [5, 5.41) is 2.73. The van der Waals surface area contributed by atoms with Crippen molar-refractivity contribution in [3.8, 4) is 0 Å². The molecule has 0 aliphatic rings. The molecule has 0 aliphatic carbocycles. The third kappa shape index (κ3) is 5.92. The Morgan fingerprint density at radius 1 is 1.45 bits per heavy atom. The van der Waals surface area contributed by atoms with Crippen LogP contribution in [0.15, 0.2) is 23.2 Å². The molecule has 1 aromatic rings. The maximum Gasteiger partial charge on any atom is 0.239 e. The molecule has 1 aromatic heterocycles. The maximum atomic E-state index is 11.9. The van der Waals surface area contributed by atoms with E-state index in [0.717, 1.165) is 11.3 Å².